The van der Waals surface area contributed by atoms with Gasteiger partial charge in [0.05, 0.1) is 24.0 Å². The molecule has 0 amide bonds. The number of benzene rings is 2. The molecule has 2 heterocycles. The third-order valence-corrected chi connectivity index (χ3v) is 5.60. The van der Waals surface area contributed by atoms with Crippen molar-refractivity contribution >= 4 is 17.1 Å². The van der Waals surface area contributed by atoms with Gasteiger partial charge in [0, 0.05) is 42.6 Å². The van der Waals surface area contributed by atoms with Gasteiger partial charge in [-0.05, 0) is 30.7 Å². The first kappa shape index (κ1) is 27.0. The van der Waals surface area contributed by atoms with Crippen molar-refractivity contribution in [3.63, 3.8) is 0 Å². The summed E-state index contributed by atoms with van der Waals surface area (Å²) >= 11 is 0. The monoisotopic (exact) mass is 536 g/mol. The highest BCUT2D eigenvalue weighted by Crippen LogP contribution is 2.31. The van der Waals surface area contributed by atoms with Crippen LogP contribution in [0.4, 0.5) is 32.0 Å². The zero-order chi connectivity index (χ0) is 27.4. The van der Waals surface area contributed by atoms with Crippen LogP contribution in [0.2, 0.25) is 0 Å². The van der Waals surface area contributed by atoms with Crippen LogP contribution in [0.15, 0.2) is 54.7 Å². The highest BCUT2D eigenvalue weighted by Gasteiger charge is 2.26. The smallest absolute Gasteiger partial charge is 0.390 e. The average molecular weight is 536 g/mol. The van der Waals surface area contributed by atoms with Gasteiger partial charge < -0.3 is 10.1 Å². The van der Waals surface area contributed by atoms with Crippen molar-refractivity contribution in [3.8, 4) is 22.9 Å². The molecule has 0 atom stereocenters. The first-order valence-electron chi connectivity index (χ1n) is 11.6. The normalized spacial score (nSPS) is 11.8. The lowest BCUT2D eigenvalue weighted by Gasteiger charge is -2.13. The van der Waals surface area contributed by atoms with Crippen LogP contribution in [0.3, 0.4) is 0 Å². The molecule has 2 aromatic carbocycles. The molecule has 1 N–H and O–H groups in total. The van der Waals surface area contributed by atoms with Gasteiger partial charge in [0.25, 0.3) is 0 Å². The van der Waals surface area contributed by atoms with Crippen molar-refractivity contribution in [2.45, 2.75) is 38.8 Å². The van der Waals surface area contributed by atoms with Gasteiger partial charge in [0.15, 0.2) is 11.4 Å². The first-order chi connectivity index (χ1) is 18.0. The van der Waals surface area contributed by atoms with Crippen molar-refractivity contribution in [1.82, 2.24) is 14.6 Å². The molecule has 0 radical (unpaired) electrons. The summed E-state index contributed by atoms with van der Waals surface area (Å²) in [4.78, 5) is 16.6. The number of ketones is 1. The maximum Gasteiger partial charge on any atom is 0.390 e. The van der Waals surface area contributed by atoms with Gasteiger partial charge in [0.1, 0.15) is 11.6 Å². The standard InChI is InChI=1S/C26H22F6N4O2/c1-15-11-16(5-6-19(15)22(37)7-8-23(28)29)21-14-34-25-20(33-10-9-26(30,31)32)13-24(35-36(21)25)38-18-4-2-3-17(27)12-18/h2-6,11-14,23,33H,7-10H2,1H3. The number of hydrogen-bond acceptors (Lipinski definition) is 5. The highest BCUT2D eigenvalue weighted by molar-refractivity contribution is 5.98. The number of ether oxygens (including phenoxy) is 1. The molecule has 200 valence electrons. The number of hydrogen-bond donors (Lipinski definition) is 1. The largest absolute Gasteiger partial charge is 0.437 e. The topological polar surface area (TPSA) is 68.5 Å². The van der Waals surface area contributed by atoms with Gasteiger partial charge in [0.2, 0.25) is 12.3 Å². The maximum absolute atomic E-state index is 13.6. The minimum Gasteiger partial charge on any atom is -0.437 e. The molecule has 12 heteroatoms. The Balaban J connectivity index is 1.71. The Hall–Kier alpha value is -4.09. The number of carbonyl (C=O) groups excluding carboxylic acids is 1. The number of rotatable bonds is 10. The Morgan fingerprint density at radius 2 is 1.92 bits per heavy atom. The lowest BCUT2D eigenvalue weighted by Crippen LogP contribution is -2.15. The van der Waals surface area contributed by atoms with E-state index in [0.717, 1.165) is 6.07 Å². The third kappa shape index (κ3) is 6.61. The van der Waals surface area contributed by atoms with Crippen LogP contribution in [-0.2, 0) is 0 Å². The Morgan fingerprint density at radius 3 is 2.61 bits per heavy atom. The van der Waals surface area contributed by atoms with Crippen LogP contribution < -0.4 is 10.1 Å². The van der Waals surface area contributed by atoms with Gasteiger partial charge in [-0.2, -0.15) is 13.2 Å². The molecule has 2 aromatic heterocycles. The van der Waals surface area contributed by atoms with E-state index < -0.39 is 43.6 Å². The van der Waals surface area contributed by atoms with E-state index in [1.165, 1.54) is 41.0 Å². The molecule has 0 spiro atoms. The van der Waals surface area contributed by atoms with Gasteiger partial charge in [-0.15, -0.1) is 5.10 Å². The number of anilines is 1. The quantitative estimate of drug-likeness (QED) is 0.171. The maximum atomic E-state index is 13.6. The number of alkyl halides is 5. The van der Waals surface area contributed by atoms with Crippen LogP contribution in [0.5, 0.6) is 11.6 Å². The van der Waals surface area contributed by atoms with Crippen molar-refractivity contribution in [1.29, 1.82) is 0 Å². The lowest BCUT2D eigenvalue weighted by atomic mass is 9.98. The van der Waals surface area contributed by atoms with Crippen molar-refractivity contribution in [2.75, 3.05) is 11.9 Å². The third-order valence-electron chi connectivity index (χ3n) is 5.60. The van der Waals surface area contributed by atoms with Crippen molar-refractivity contribution in [2.24, 2.45) is 0 Å². The van der Waals surface area contributed by atoms with Gasteiger partial charge in [-0.25, -0.2) is 22.7 Å². The molecule has 0 aliphatic carbocycles. The number of aryl methyl sites for hydroxylation is 1. The van der Waals surface area contributed by atoms with E-state index in [1.807, 2.05) is 0 Å². The second-order valence-electron chi connectivity index (χ2n) is 8.51. The Morgan fingerprint density at radius 1 is 1.13 bits per heavy atom. The number of imidazole rings is 1. The van der Waals surface area contributed by atoms with E-state index in [2.05, 4.69) is 15.4 Å². The fourth-order valence-electron chi connectivity index (χ4n) is 3.82. The summed E-state index contributed by atoms with van der Waals surface area (Å²) in [6.45, 7) is 1.23. The fraction of sp³-hybridized carbons (Fsp3) is 0.269. The molecule has 0 saturated carbocycles. The average Bonchev–Trinajstić information content (AvgIpc) is 3.26. The highest BCUT2D eigenvalue weighted by atomic mass is 19.4. The molecule has 0 fully saturated rings. The van der Waals surface area contributed by atoms with Gasteiger partial charge in [-0.3, -0.25) is 4.79 Å². The number of carbonyl (C=O) groups is 1. The lowest BCUT2D eigenvalue weighted by molar-refractivity contribution is -0.131. The Bertz CT molecular complexity index is 1450. The van der Waals surface area contributed by atoms with E-state index in [4.69, 9.17) is 4.74 Å². The number of aromatic nitrogens is 3. The van der Waals surface area contributed by atoms with Gasteiger partial charge in [-0.1, -0.05) is 18.2 Å². The molecule has 0 saturated heterocycles. The second-order valence-corrected chi connectivity index (χ2v) is 8.51. The number of nitrogens with one attached hydrogen (secondary N) is 1. The Labute approximate surface area is 213 Å². The summed E-state index contributed by atoms with van der Waals surface area (Å²) in [5.41, 5.74) is 2.27. The summed E-state index contributed by atoms with van der Waals surface area (Å²) < 4.78 is 83.9. The molecular formula is C26H22F6N4O2. The summed E-state index contributed by atoms with van der Waals surface area (Å²) in [5.74, 6) is -0.865. The minimum absolute atomic E-state index is 0.0348. The minimum atomic E-state index is -4.37. The van der Waals surface area contributed by atoms with Crippen LogP contribution in [0.1, 0.15) is 35.2 Å². The Kier molecular flexibility index (Phi) is 7.88. The molecule has 38 heavy (non-hydrogen) atoms. The van der Waals surface area contributed by atoms with E-state index in [0.29, 0.717) is 22.4 Å². The molecule has 0 aliphatic heterocycles. The van der Waals surface area contributed by atoms with Crippen molar-refractivity contribution < 1.29 is 35.9 Å². The second kappa shape index (κ2) is 11.1. The summed E-state index contributed by atoms with van der Waals surface area (Å²) in [5, 5.41) is 7.09. The summed E-state index contributed by atoms with van der Waals surface area (Å²) in [6.07, 6.45) is -7.40. The predicted octanol–water partition coefficient (Wildman–Crippen LogP) is 7.23. The molecule has 4 rings (SSSR count). The van der Waals surface area contributed by atoms with E-state index >= 15 is 0 Å². The number of Topliss-reactive ketones (excluding diaryl/α,β-unsaturated/α-hetero) is 1. The number of halogens is 6. The first-order valence-corrected chi connectivity index (χ1v) is 11.6. The number of nitrogens with zero attached hydrogens (tertiary/aromatic N) is 3. The van der Waals surface area contributed by atoms with Crippen LogP contribution in [0, 0.1) is 12.7 Å². The SMILES string of the molecule is Cc1cc(-c2cnc3c(NCCC(F)(F)F)cc(Oc4cccc(F)c4)nn23)ccc1C(=O)CCC(F)F. The van der Waals surface area contributed by atoms with E-state index in [9.17, 15) is 31.1 Å². The molecule has 4 aromatic rings. The zero-order valence-corrected chi connectivity index (χ0v) is 20.0. The summed E-state index contributed by atoms with van der Waals surface area (Å²) in [6, 6.07) is 11.4. The predicted molar refractivity (Wildman–Crippen MR) is 128 cm³/mol. The fourth-order valence-corrected chi connectivity index (χ4v) is 3.82. The molecular weight excluding hydrogens is 514 g/mol. The molecule has 0 aliphatic rings. The zero-order valence-electron chi connectivity index (χ0n) is 20.0. The van der Waals surface area contributed by atoms with Crippen LogP contribution >= 0.6 is 0 Å². The van der Waals surface area contributed by atoms with Crippen LogP contribution in [0.25, 0.3) is 16.9 Å². The van der Waals surface area contributed by atoms with E-state index in [-0.39, 0.29) is 29.4 Å². The molecule has 6 nitrogen and oxygen atoms in total. The molecule has 0 unspecified atom stereocenters. The van der Waals surface area contributed by atoms with Gasteiger partial charge >= 0.3 is 6.18 Å². The van der Waals surface area contributed by atoms with E-state index in [1.54, 1.807) is 19.1 Å². The molecule has 0 bridgehead atoms. The van der Waals surface area contributed by atoms with Crippen molar-refractivity contribution in [3.05, 3.63) is 71.7 Å². The summed E-state index contributed by atoms with van der Waals surface area (Å²) in [7, 11) is 0. The number of fused-ring (bicyclic) bond motifs is 1. The van der Waals surface area contributed by atoms with Crippen LogP contribution in [-0.4, -0.2) is 39.5 Å².